The number of esters is 1. The first-order chi connectivity index (χ1) is 27.2. The summed E-state index contributed by atoms with van der Waals surface area (Å²) in [6.45, 7) is -1.58. The molecule has 306 valence electrons. The Balaban J connectivity index is 1.47. The number of phenolic OH excluding ortho intramolecular Hbond substituents is 4. The second kappa shape index (κ2) is 16.9. The smallest absolute Gasteiger partial charge is 0.368 e. The Bertz CT molecular complexity index is 2100. The molecule has 0 unspecified atom stereocenters. The van der Waals surface area contributed by atoms with Crippen LogP contribution in [0.1, 0.15) is 17.2 Å². The van der Waals surface area contributed by atoms with Gasteiger partial charge >= 0.3 is 17.3 Å². The number of ether oxygens (including phenoxy) is 6. The molecule has 3 aromatic carbocycles. The Morgan fingerprint density at radius 3 is 2.04 bits per heavy atom. The molecule has 10 atom stereocenters. The van der Waals surface area contributed by atoms with Crippen molar-refractivity contribution >= 4 is 23.0 Å². The number of carbonyl (C=O) groups is 1. The van der Waals surface area contributed by atoms with Crippen molar-refractivity contribution in [3.05, 3.63) is 65.7 Å². The van der Waals surface area contributed by atoms with Crippen LogP contribution in [-0.4, -0.2) is 145 Å². The minimum absolute atomic E-state index is 0.00327. The van der Waals surface area contributed by atoms with E-state index in [4.69, 9.17) is 32.8 Å². The quantitative estimate of drug-likeness (QED) is 0.0417. The van der Waals surface area contributed by atoms with Crippen LogP contribution in [0.3, 0.4) is 0 Å². The fourth-order valence-electron chi connectivity index (χ4n) is 6.51. The van der Waals surface area contributed by atoms with Gasteiger partial charge in [-0.2, -0.15) is 0 Å². The van der Waals surface area contributed by atoms with Crippen LogP contribution in [0.25, 0.3) is 28.4 Å². The lowest BCUT2D eigenvalue weighted by molar-refractivity contribution is -0.277. The van der Waals surface area contributed by atoms with Gasteiger partial charge in [-0.3, -0.25) is 0 Å². The molecule has 19 heteroatoms. The number of methoxy groups -OCH3 is 2. The van der Waals surface area contributed by atoms with Gasteiger partial charge in [0.2, 0.25) is 12.0 Å². The highest BCUT2D eigenvalue weighted by molar-refractivity contribution is 5.89. The third kappa shape index (κ3) is 8.19. The van der Waals surface area contributed by atoms with Crippen molar-refractivity contribution < 1.29 is 93.8 Å². The Morgan fingerprint density at radius 1 is 0.754 bits per heavy atom. The highest BCUT2D eigenvalue weighted by atomic mass is 16.7. The zero-order chi connectivity index (χ0) is 41.3. The average molecular weight is 802 g/mol. The molecule has 0 spiro atoms. The Kier molecular flexibility index (Phi) is 12.2. The van der Waals surface area contributed by atoms with Crippen molar-refractivity contribution in [2.45, 2.75) is 61.2 Å². The molecule has 11 N–H and O–H groups in total. The van der Waals surface area contributed by atoms with Crippen molar-refractivity contribution in [3.8, 4) is 51.6 Å². The van der Waals surface area contributed by atoms with E-state index < -0.39 is 97.7 Å². The average Bonchev–Trinajstić information content (AvgIpc) is 3.20. The summed E-state index contributed by atoms with van der Waals surface area (Å²) in [6.07, 6.45) is -14.7. The summed E-state index contributed by atoms with van der Waals surface area (Å²) in [6, 6.07) is 9.96. The lowest BCUT2D eigenvalue weighted by Crippen LogP contribution is -2.60. The number of aliphatic hydroxyl groups excluding tert-OH is 7. The Morgan fingerprint density at radius 2 is 1.40 bits per heavy atom. The van der Waals surface area contributed by atoms with Gasteiger partial charge in [0.1, 0.15) is 65.7 Å². The third-order valence-electron chi connectivity index (χ3n) is 9.53. The molecule has 4 aromatic rings. The SMILES string of the molecule is COc1cc(C=CC(=O)O[C@@H]2[C@@H](O)[C@H](O)[C@@H](CO)O[C@H]2c2cc3c(O[C@@H]4O[C@H](CO)[C@@H](O)[C@H](O)[C@H]4O)cc(O)cc3[o+]c2-c2ccc(O)c(O)c2)cc(OC)c1O. The molecule has 1 aromatic heterocycles. The van der Waals surface area contributed by atoms with Gasteiger partial charge in [-0.1, -0.05) is 0 Å². The zero-order valence-corrected chi connectivity index (χ0v) is 30.1. The number of hydrogen-bond acceptors (Lipinski definition) is 18. The molecule has 0 aliphatic carbocycles. The van der Waals surface area contributed by atoms with Gasteiger partial charge in [-0.15, -0.1) is 0 Å². The maximum absolute atomic E-state index is 13.4. The normalized spacial score (nSPS) is 27.7. The molecule has 2 fully saturated rings. The van der Waals surface area contributed by atoms with Crippen LogP contribution in [-0.2, 0) is 19.0 Å². The van der Waals surface area contributed by atoms with E-state index in [1.807, 2.05) is 0 Å². The van der Waals surface area contributed by atoms with Crippen LogP contribution in [0.4, 0.5) is 0 Å². The highest BCUT2D eigenvalue weighted by Gasteiger charge is 2.50. The van der Waals surface area contributed by atoms with E-state index in [-0.39, 0.29) is 50.9 Å². The number of fused-ring (bicyclic) bond motifs is 1. The van der Waals surface area contributed by atoms with Gasteiger partial charge in [0.05, 0.1) is 44.6 Å². The fraction of sp³-hybridized carbons (Fsp3) is 0.368. The summed E-state index contributed by atoms with van der Waals surface area (Å²) < 4.78 is 39.7. The van der Waals surface area contributed by atoms with Gasteiger partial charge in [0.25, 0.3) is 0 Å². The first-order valence-corrected chi connectivity index (χ1v) is 17.3. The van der Waals surface area contributed by atoms with Crippen LogP contribution in [0.5, 0.6) is 40.2 Å². The van der Waals surface area contributed by atoms with E-state index in [0.717, 1.165) is 30.3 Å². The largest absolute Gasteiger partial charge is 0.507 e. The first-order valence-electron chi connectivity index (χ1n) is 17.3. The summed E-state index contributed by atoms with van der Waals surface area (Å²) in [5.74, 6) is -3.21. The predicted octanol–water partition coefficient (Wildman–Crippen LogP) is 0.178. The summed E-state index contributed by atoms with van der Waals surface area (Å²) in [7, 11) is 2.62. The molecule has 0 amide bonds. The summed E-state index contributed by atoms with van der Waals surface area (Å²) in [5.41, 5.74) is 0.212. The second-order valence-corrected chi connectivity index (χ2v) is 13.2. The van der Waals surface area contributed by atoms with Gasteiger partial charge < -0.3 is 84.6 Å². The lowest BCUT2D eigenvalue weighted by Gasteiger charge is -2.41. The molecule has 57 heavy (non-hydrogen) atoms. The Labute approximate surface area is 322 Å². The van der Waals surface area contributed by atoms with Crippen molar-refractivity contribution in [1.29, 1.82) is 0 Å². The molecule has 0 radical (unpaired) electrons. The summed E-state index contributed by atoms with van der Waals surface area (Å²) >= 11 is 0. The molecule has 6 rings (SSSR count). The molecule has 2 aliphatic heterocycles. The van der Waals surface area contributed by atoms with Crippen LogP contribution in [0, 0.1) is 0 Å². The van der Waals surface area contributed by atoms with Gasteiger partial charge in [-0.25, -0.2) is 9.21 Å². The Hall–Kier alpha value is -5.48. The van der Waals surface area contributed by atoms with E-state index >= 15 is 0 Å². The summed E-state index contributed by atoms with van der Waals surface area (Å²) in [4.78, 5) is 13.4. The number of phenols is 4. The van der Waals surface area contributed by atoms with E-state index in [1.165, 1.54) is 44.6 Å². The first kappa shape index (κ1) is 41.2. The number of aliphatic hydroxyl groups is 7. The van der Waals surface area contributed by atoms with Crippen LogP contribution < -0.4 is 14.2 Å². The predicted molar refractivity (Wildman–Crippen MR) is 192 cm³/mol. The minimum atomic E-state index is -1.91. The van der Waals surface area contributed by atoms with E-state index in [9.17, 15) is 61.0 Å². The molecule has 19 nitrogen and oxygen atoms in total. The van der Waals surface area contributed by atoms with Gasteiger partial charge in [-0.05, 0) is 42.0 Å². The van der Waals surface area contributed by atoms with E-state index in [2.05, 4.69) is 0 Å². The van der Waals surface area contributed by atoms with Crippen molar-refractivity contribution in [3.63, 3.8) is 0 Å². The monoisotopic (exact) mass is 801 g/mol. The lowest BCUT2D eigenvalue weighted by atomic mass is 9.89. The van der Waals surface area contributed by atoms with Gasteiger partial charge in [0.15, 0.2) is 29.1 Å². The van der Waals surface area contributed by atoms with Crippen LogP contribution >= 0.6 is 0 Å². The van der Waals surface area contributed by atoms with Crippen molar-refractivity contribution in [1.82, 2.24) is 0 Å². The number of aromatic hydroxyl groups is 4. The van der Waals surface area contributed by atoms with Crippen LogP contribution in [0.15, 0.2) is 59.0 Å². The molecule has 3 heterocycles. The maximum atomic E-state index is 13.4. The topological polar surface area (TPSA) is 306 Å². The number of carbonyl (C=O) groups excluding carboxylic acids is 1. The van der Waals surface area contributed by atoms with Gasteiger partial charge in [0, 0.05) is 18.2 Å². The third-order valence-corrected chi connectivity index (χ3v) is 9.53. The molecular weight excluding hydrogens is 760 g/mol. The molecule has 2 aliphatic rings. The minimum Gasteiger partial charge on any atom is -0.507 e. The zero-order valence-electron chi connectivity index (χ0n) is 30.1. The van der Waals surface area contributed by atoms with E-state index in [0.29, 0.717) is 5.56 Å². The number of rotatable bonds is 11. The number of benzene rings is 3. The number of hydrogen-bond donors (Lipinski definition) is 11. The maximum Gasteiger partial charge on any atom is 0.368 e. The fourth-order valence-corrected chi connectivity index (χ4v) is 6.51. The van der Waals surface area contributed by atoms with E-state index in [1.54, 1.807) is 0 Å². The molecule has 0 bridgehead atoms. The standard InChI is InChI=1S/C38H40O19/c1-51-24-7-15(8-25(52-2)29(24)45)3-6-28(44)57-37-33(49)31(47)26(13-39)54-36(37)19-12-18-22(53-35(19)16-4-5-20(42)21(43)9-16)10-17(41)11-23(18)55-38-34(50)32(48)30(46)27(14-40)56-38/h3-12,26-27,30-34,36-40,46-50H,13-14H2,1-2H3,(H3-,41,42,43,44,45)/p+1/t26-,27-,30-,31-,32+,33+,34-,36+,37-,38-/m1/s1. The second-order valence-electron chi connectivity index (χ2n) is 13.2. The highest BCUT2D eigenvalue weighted by Crippen LogP contribution is 2.45. The molecule has 2 saturated heterocycles. The van der Waals surface area contributed by atoms with Crippen LogP contribution in [0.2, 0.25) is 0 Å². The van der Waals surface area contributed by atoms with Crippen molar-refractivity contribution in [2.24, 2.45) is 0 Å². The molecular formula is C38H41O19+. The molecule has 0 saturated carbocycles. The van der Waals surface area contributed by atoms with Crippen molar-refractivity contribution in [2.75, 3.05) is 27.4 Å². The summed E-state index contributed by atoms with van der Waals surface area (Å²) in [5, 5.41) is 115.